The molecule has 0 saturated heterocycles. The summed E-state index contributed by atoms with van der Waals surface area (Å²) in [4.78, 5) is 18.0. The Bertz CT molecular complexity index is 1510. The normalized spacial score (nSPS) is 15.4. The van der Waals surface area contributed by atoms with Crippen molar-refractivity contribution < 1.29 is 9.53 Å². The van der Waals surface area contributed by atoms with E-state index in [-0.39, 0.29) is 12.5 Å². The van der Waals surface area contributed by atoms with Crippen LogP contribution in [0.5, 0.6) is 0 Å². The number of carbonyl (C=O) groups is 1. The SMILES string of the molecule is COCC(=O)N1N=C(c2c(C)nc3ccc(Cl)cc3c2-c2ccccc2)C[C@@H]1c1cc(Cl)ccc1Cl. The van der Waals surface area contributed by atoms with E-state index < -0.39 is 6.04 Å². The topological polar surface area (TPSA) is 54.8 Å². The van der Waals surface area contributed by atoms with Crippen molar-refractivity contribution in [2.45, 2.75) is 19.4 Å². The summed E-state index contributed by atoms with van der Waals surface area (Å²) in [6, 6.07) is 20.5. The van der Waals surface area contributed by atoms with Crippen LogP contribution in [0.4, 0.5) is 0 Å². The van der Waals surface area contributed by atoms with Crippen LogP contribution in [0.25, 0.3) is 22.0 Å². The molecule has 2 heterocycles. The van der Waals surface area contributed by atoms with E-state index >= 15 is 0 Å². The lowest BCUT2D eigenvalue weighted by Crippen LogP contribution is -2.30. The number of fused-ring (bicyclic) bond motifs is 1. The first-order valence-corrected chi connectivity index (χ1v) is 12.5. The Hall–Kier alpha value is -2.96. The van der Waals surface area contributed by atoms with Crippen molar-refractivity contribution >= 4 is 57.3 Å². The fourth-order valence-corrected chi connectivity index (χ4v) is 5.31. The van der Waals surface area contributed by atoms with Crippen molar-refractivity contribution in [3.8, 4) is 11.1 Å². The van der Waals surface area contributed by atoms with Gasteiger partial charge in [0.2, 0.25) is 0 Å². The van der Waals surface area contributed by atoms with Gasteiger partial charge in [-0.15, -0.1) is 0 Å². The molecular weight excluding hydrogens is 517 g/mol. The number of rotatable bonds is 5. The van der Waals surface area contributed by atoms with Crippen LogP contribution >= 0.6 is 34.8 Å². The van der Waals surface area contributed by atoms with Gasteiger partial charge in [0.15, 0.2) is 0 Å². The molecule has 1 atom stereocenters. The van der Waals surface area contributed by atoms with E-state index in [1.165, 1.54) is 12.1 Å². The highest BCUT2D eigenvalue weighted by Gasteiger charge is 2.36. The molecule has 1 amide bonds. The number of hydrazone groups is 1. The Balaban J connectivity index is 1.74. The molecule has 4 aromatic rings. The van der Waals surface area contributed by atoms with E-state index in [2.05, 4.69) is 0 Å². The maximum Gasteiger partial charge on any atom is 0.269 e. The van der Waals surface area contributed by atoms with Gasteiger partial charge in [-0.25, -0.2) is 5.01 Å². The third kappa shape index (κ3) is 4.60. The molecule has 0 fully saturated rings. The number of carbonyl (C=O) groups excluding carboxylic acids is 1. The summed E-state index contributed by atoms with van der Waals surface area (Å²) < 4.78 is 5.14. The molecule has 0 aliphatic carbocycles. The van der Waals surface area contributed by atoms with Gasteiger partial charge in [0, 0.05) is 50.8 Å². The van der Waals surface area contributed by atoms with E-state index in [4.69, 9.17) is 49.6 Å². The zero-order valence-electron chi connectivity index (χ0n) is 19.6. The molecule has 0 spiro atoms. The molecule has 5 nitrogen and oxygen atoms in total. The van der Waals surface area contributed by atoms with E-state index in [0.717, 1.165) is 44.6 Å². The van der Waals surface area contributed by atoms with Gasteiger partial charge in [-0.1, -0.05) is 65.1 Å². The summed E-state index contributed by atoms with van der Waals surface area (Å²) in [7, 11) is 1.48. The second-order valence-electron chi connectivity index (χ2n) is 8.58. The minimum absolute atomic E-state index is 0.110. The highest BCUT2D eigenvalue weighted by molar-refractivity contribution is 6.34. The number of hydrogen-bond donors (Lipinski definition) is 0. The first-order valence-electron chi connectivity index (χ1n) is 11.4. The molecule has 5 rings (SSSR count). The van der Waals surface area contributed by atoms with Crippen LogP contribution < -0.4 is 0 Å². The number of amides is 1. The molecule has 36 heavy (non-hydrogen) atoms. The molecule has 1 aromatic heterocycles. The lowest BCUT2D eigenvalue weighted by Gasteiger charge is -2.22. The molecule has 1 aliphatic heterocycles. The van der Waals surface area contributed by atoms with Gasteiger partial charge in [-0.3, -0.25) is 9.78 Å². The van der Waals surface area contributed by atoms with Gasteiger partial charge in [0.25, 0.3) is 5.91 Å². The highest BCUT2D eigenvalue weighted by atomic mass is 35.5. The number of pyridine rings is 1. The van der Waals surface area contributed by atoms with Crippen LogP contribution in [0, 0.1) is 6.92 Å². The third-order valence-electron chi connectivity index (χ3n) is 6.23. The molecule has 1 aliphatic rings. The number of aryl methyl sites for hydroxylation is 1. The van der Waals surface area contributed by atoms with Crippen LogP contribution in [-0.2, 0) is 9.53 Å². The largest absolute Gasteiger partial charge is 0.375 e. The van der Waals surface area contributed by atoms with Gasteiger partial charge >= 0.3 is 0 Å². The molecule has 8 heteroatoms. The lowest BCUT2D eigenvalue weighted by atomic mass is 9.89. The first kappa shape index (κ1) is 24.7. The molecule has 0 unspecified atom stereocenters. The van der Waals surface area contributed by atoms with Gasteiger partial charge < -0.3 is 4.74 Å². The summed E-state index contributed by atoms with van der Waals surface area (Å²) in [5.74, 6) is -0.274. The average molecular weight is 539 g/mol. The van der Waals surface area contributed by atoms with E-state index in [1.54, 1.807) is 18.2 Å². The zero-order valence-corrected chi connectivity index (χ0v) is 21.9. The Morgan fingerprint density at radius 2 is 1.72 bits per heavy atom. The van der Waals surface area contributed by atoms with Crippen molar-refractivity contribution in [2.75, 3.05) is 13.7 Å². The number of benzene rings is 3. The van der Waals surface area contributed by atoms with Gasteiger partial charge in [-0.05, 0) is 54.4 Å². The number of nitrogens with zero attached hydrogens (tertiary/aromatic N) is 3. The van der Waals surface area contributed by atoms with Crippen molar-refractivity contribution in [2.24, 2.45) is 5.10 Å². The Morgan fingerprint density at radius 3 is 2.47 bits per heavy atom. The number of halogens is 3. The number of methoxy groups -OCH3 is 1. The van der Waals surface area contributed by atoms with Gasteiger partial charge in [0.1, 0.15) is 6.61 Å². The van der Waals surface area contributed by atoms with E-state index in [9.17, 15) is 4.79 Å². The Morgan fingerprint density at radius 1 is 1.00 bits per heavy atom. The summed E-state index contributed by atoms with van der Waals surface area (Å²) in [6.45, 7) is 1.85. The minimum Gasteiger partial charge on any atom is -0.375 e. The summed E-state index contributed by atoms with van der Waals surface area (Å²) in [5, 5.41) is 8.85. The Labute approximate surface area is 224 Å². The van der Waals surface area contributed by atoms with Gasteiger partial charge in [-0.2, -0.15) is 5.10 Å². The number of ether oxygens (including phenoxy) is 1. The first-order chi connectivity index (χ1) is 17.4. The molecule has 182 valence electrons. The predicted molar refractivity (Wildman–Crippen MR) is 146 cm³/mol. The second kappa shape index (κ2) is 10.2. The summed E-state index contributed by atoms with van der Waals surface area (Å²) in [6.07, 6.45) is 0.434. The second-order valence-corrected chi connectivity index (χ2v) is 9.86. The Kier molecular flexibility index (Phi) is 7.00. The van der Waals surface area contributed by atoms with Crippen LogP contribution in [0.3, 0.4) is 0 Å². The molecular formula is C28H22Cl3N3O2. The van der Waals surface area contributed by atoms with E-state index in [1.807, 2.05) is 55.5 Å². The van der Waals surface area contributed by atoms with Gasteiger partial charge in [0.05, 0.1) is 17.3 Å². The quantitative estimate of drug-likeness (QED) is 0.264. The van der Waals surface area contributed by atoms with Crippen molar-refractivity contribution in [1.29, 1.82) is 0 Å². The average Bonchev–Trinajstić information content (AvgIpc) is 3.30. The molecule has 0 bridgehead atoms. The number of hydrogen-bond acceptors (Lipinski definition) is 4. The standard InChI is InChI=1S/C28H22Cl3N3O2/c1-16-27(28(17-6-4-3-5-7-17)21-13-19(30)9-11-23(21)32-16)24-14-25(34(33-24)26(35)15-36-2)20-12-18(29)8-10-22(20)31/h3-13,25H,14-15H2,1-2H3/t25-/m1/s1. The maximum absolute atomic E-state index is 13.1. The van der Waals surface area contributed by atoms with Crippen LogP contribution in [-0.4, -0.2) is 35.3 Å². The fourth-order valence-electron chi connectivity index (χ4n) is 4.71. The molecule has 3 aromatic carbocycles. The summed E-state index contributed by atoms with van der Waals surface area (Å²) in [5.41, 5.74) is 5.93. The minimum atomic E-state index is -0.438. The fraction of sp³-hybridized carbons (Fsp3) is 0.179. The van der Waals surface area contributed by atoms with Crippen molar-refractivity contribution in [3.05, 3.63) is 98.6 Å². The molecule has 0 N–H and O–H groups in total. The molecule has 0 saturated carbocycles. The van der Waals surface area contributed by atoms with Crippen LogP contribution in [0.15, 0.2) is 71.8 Å². The predicted octanol–water partition coefficient (Wildman–Crippen LogP) is 7.49. The third-order valence-corrected chi connectivity index (χ3v) is 7.04. The molecule has 0 radical (unpaired) electrons. The smallest absolute Gasteiger partial charge is 0.269 e. The van der Waals surface area contributed by atoms with E-state index in [0.29, 0.717) is 21.5 Å². The maximum atomic E-state index is 13.1. The van der Waals surface area contributed by atoms with Crippen LogP contribution in [0.1, 0.15) is 29.3 Å². The number of aromatic nitrogens is 1. The highest BCUT2D eigenvalue weighted by Crippen LogP contribution is 2.41. The van der Waals surface area contributed by atoms with Crippen LogP contribution in [0.2, 0.25) is 15.1 Å². The lowest BCUT2D eigenvalue weighted by molar-refractivity contribution is -0.136. The van der Waals surface area contributed by atoms with Crippen molar-refractivity contribution in [3.63, 3.8) is 0 Å². The zero-order chi connectivity index (χ0) is 25.4. The van der Waals surface area contributed by atoms with Crippen molar-refractivity contribution in [1.82, 2.24) is 9.99 Å². The monoisotopic (exact) mass is 537 g/mol. The summed E-state index contributed by atoms with van der Waals surface area (Å²) >= 11 is 19.3.